The summed E-state index contributed by atoms with van der Waals surface area (Å²) in [6, 6.07) is 13.8. The maximum atomic E-state index is 6.06. The number of rotatable bonds is 3. The molecule has 0 bridgehead atoms. The van der Waals surface area contributed by atoms with Gasteiger partial charge in [-0.2, -0.15) is 10.2 Å². The molecule has 15 heavy (non-hydrogen) atoms. The molecule has 0 radical (unpaired) electrons. The third-order valence-electron chi connectivity index (χ3n) is 2.28. The van der Waals surface area contributed by atoms with Crippen LogP contribution in [0.25, 0.3) is 0 Å². The first kappa shape index (κ1) is 9.80. The van der Waals surface area contributed by atoms with Gasteiger partial charge >= 0.3 is 0 Å². The minimum atomic E-state index is -0.0112. The zero-order chi connectivity index (χ0) is 10.5. The van der Waals surface area contributed by atoms with Gasteiger partial charge in [0, 0.05) is 18.7 Å². The molecule has 1 atom stereocenters. The standard InChI is InChI=1S/C12H13N3/c13-12(10-5-2-1-3-6-10)9-11-7-4-8-14-15-11/h1-8,12H,9,13H2. The van der Waals surface area contributed by atoms with Crippen molar-refractivity contribution in [3.63, 3.8) is 0 Å². The number of benzene rings is 1. The molecule has 1 unspecified atom stereocenters. The molecule has 0 spiro atoms. The van der Waals surface area contributed by atoms with E-state index < -0.39 is 0 Å². The fourth-order valence-electron chi connectivity index (χ4n) is 1.49. The van der Waals surface area contributed by atoms with Crippen LogP contribution < -0.4 is 5.73 Å². The zero-order valence-corrected chi connectivity index (χ0v) is 8.38. The summed E-state index contributed by atoms with van der Waals surface area (Å²) in [4.78, 5) is 0. The van der Waals surface area contributed by atoms with Crippen molar-refractivity contribution >= 4 is 0 Å². The van der Waals surface area contributed by atoms with E-state index in [0.717, 1.165) is 17.7 Å². The third kappa shape index (κ3) is 2.60. The van der Waals surface area contributed by atoms with E-state index in [1.807, 2.05) is 42.5 Å². The topological polar surface area (TPSA) is 51.8 Å². The van der Waals surface area contributed by atoms with Gasteiger partial charge in [0.1, 0.15) is 0 Å². The summed E-state index contributed by atoms with van der Waals surface area (Å²) in [5.41, 5.74) is 8.11. The summed E-state index contributed by atoms with van der Waals surface area (Å²) in [6.45, 7) is 0. The predicted octanol–water partition coefficient (Wildman–Crippen LogP) is 1.72. The van der Waals surface area contributed by atoms with E-state index in [1.165, 1.54) is 0 Å². The van der Waals surface area contributed by atoms with Gasteiger partial charge in [-0.25, -0.2) is 0 Å². The number of hydrogen-bond donors (Lipinski definition) is 1. The first-order chi connectivity index (χ1) is 7.36. The lowest BCUT2D eigenvalue weighted by atomic mass is 10.0. The molecule has 0 saturated heterocycles. The fraction of sp³-hybridized carbons (Fsp3) is 0.167. The summed E-state index contributed by atoms with van der Waals surface area (Å²) in [5.74, 6) is 0. The summed E-state index contributed by atoms with van der Waals surface area (Å²) >= 11 is 0. The Hall–Kier alpha value is -1.74. The van der Waals surface area contributed by atoms with E-state index in [-0.39, 0.29) is 6.04 Å². The lowest BCUT2D eigenvalue weighted by molar-refractivity contribution is 0.695. The lowest BCUT2D eigenvalue weighted by Gasteiger charge is -2.10. The van der Waals surface area contributed by atoms with Gasteiger partial charge in [0.15, 0.2) is 0 Å². The average Bonchev–Trinajstić information content (AvgIpc) is 2.31. The van der Waals surface area contributed by atoms with E-state index in [4.69, 9.17) is 5.73 Å². The van der Waals surface area contributed by atoms with E-state index in [2.05, 4.69) is 10.2 Å². The quantitative estimate of drug-likeness (QED) is 0.818. The van der Waals surface area contributed by atoms with Crippen molar-refractivity contribution in [2.75, 3.05) is 0 Å². The maximum absolute atomic E-state index is 6.06. The molecule has 0 saturated carbocycles. The molecule has 2 N–H and O–H groups in total. The second-order valence-electron chi connectivity index (χ2n) is 3.44. The fourth-order valence-corrected chi connectivity index (χ4v) is 1.49. The van der Waals surface area contributed by atoms with Gasteiger partial charge in [-0.05, 0) is 17.7 Å². The summed E-state index contributed by atoms with van der Waals surface area (Å²) in [6.07, 6.45) is 2.38. The molecule has 1 aromatic heterocycles. The lowest BCUT2D eigenvalue weighted by Crippen LogP contribution is -2.14. The van der Waals surface area contributed by atoms with E-state index in [1.54, 1.807) is 6.20 Å². The van der Waals surface area contributed by atoms with Crippen LogP contribution in [0, 0.1) is 0 Å². The Bertz CT molecular complexity index is 400. The number of nitrogens with zero attached hydrogens (tertiary/aromatic N) is 2. The van der Waals surface area contributed by atoms with Crippen molar-refractivity contribution in [3.05, 3.63) is 59.9 Å². The molecular weight excluding hydrogens is 186 g/mol. The van der Waals surface area contributed by atoms with Gasteiger partial charge < -0.3 is 5.73 Å². The minimum absolute atomic E-state index is 0.0112. The molecule has 0 amide bonds. The van der Waals surface area contributed by atoms with Gasteiger partial charge in [-0.1, -0.05) is 30.3 Å². The smallest absolute Gasteiger partial charge is 0.0650 e. The van der Waals surface area contributed by atoms with Crippen LogP contribution in [0.15, 0.2) is 48.7 Å². The molecule has 2 rings (SSSR count). The Morgan fingerprint density at radius 2 is 1.87 bits per heavy atom. The van der Waals surface area contributed by atoms with Crippen LogP contribution in [0.5, 0.6) is 0 Å². The molecule has 3 nitrogen and oxygen atoms in total. The average molecular weight is 199 g/mol. The van der Waals surface area contributed by atoms with Crippen LogP contribution >= 0.6 is 0 Å². The van der Waals surface area contributed by atoms with Gasteiger partial charge in [-0.15, -0.1) is 0 Å². The Kier molecular flexibility index (Phi) is 3.05. The first-order valence-corrected chi connectivity index (χ1v) is 4.93. The Morgan fingerprint density at radius 1 is 1.07 bits per heavy atom. The molecule has 76 valence electrons. The van der Waals surface area contributed by atoms with Crippen molar-refractivity contribution in [2.45, 2.75) is 12.5 Å². The highest BCUT2D eigenvalue weighted by Crippen LogP contribution is 2.13. The van der Waals surface area contributed by atoms with E-state index in [9.17, 15) is 0 Å². The van der Waals surface area contributed by atoms with E-state index in [0.29, 0.717) is 0 Å². The Labute approximate surface area is 89.0 Å². The van der Waals surface area contributed by atoms with Crippen molar-refractivity contribution in [1.29, 1.82) is 0 Å². The van der Waals surface area contributed by atoms with Gasteiger partial charge in [0.2, 0.25) is 0 Å². The van der Waals surface area contributed by atoms with Crippen LogP contribution in [0.3, 0.4) is 0 Å². The normalized spacial score (nSPS) is 12.3. The molecule has 0 aliphatic heterocycles. The molecule has 2 aromatic rings. The van der Waals surface area contributed by atoms with Crippen LogP contribution in [-0.4, -0.2) is 10.2 Å². The highest BCUT2D eigenvalue weighted by atomic mass is 15.1. The summed E-state index contributed by atoms with van der Waals surface area (Å²) < 4.78 is 0. The zero-order valence-electron chi connectivity index (χ0n) is 8.38. The monoisotopic (exact) mass is 199 g/mol. The molecule has 1 aromatic carbocycles. The van der Waals surface area contributed by atoms with Crippen LogP contribution in [-0.2, 0) is 6.42 Å². The first-order valence-electron chi connectivity index (χ1n) is 4.93. The highest BCUT2D eigenvalue weighted by molar-refractivity contribution is 5.20. The Balaban J connectivity index is 2.08. The Morgan fingerprint density at radius 3 is 2.53 bits per heavy atom. The van der Waals surface area contributed by atoms with Crippen LogP contribution in [0.1, 0.15) is 17.3 Å². The third-order valence-corrected chi connectivity index (χ3v) is 2.28. The molecule has 1 heterocycles. The van der Waals surface area contributed by atoms with Crippen LogP contribution in [0.2, 0.25) is 0 Å². The highest BCUT2D eigenvalue weighted by Gasteiger charge is 2.06. The second kappa shape index (κ2) is 4.66. The largest absolute Gasteiger partial charge is 0.324 e. The van der Waals surface area contributed by atoms with Crippen molar-refractivity contribution in [3.8, 4) is 0 Å². The number of hydrogen-bond acceptors (Lipinski definition) is 3. The van der Waals surface area contributed by atoms with Crippen molar-refractivity contribution in [2.24, 2.45) is 5.73 Å². The summed E-state index contributed by atoms with van der Waals surface area (Å²) in [5, 5.41) is 7.84. The minimum Gasteiger partial charge on any atom is -0.324 e. The maximum Gasteiger partial charge on any atom is 0.0650 e. The van der Waals surface area contributed by atoms with Gasteiger partial charge in [0.25, 0.3) is 0 Å². The number of aromatic nitrogens is 2. The van der Waals surface area contributed by atoms with Gasteiger partial charge in [-0.3, -0.25) is 0 Å². The van der Waals surface area contributed by atoms with Crippen molar-refractivity contribution < 1.29 is 0 Å². The van der Waals surface area contributed by atoms with Crippen molar-refractivity contribution in [1.82, 2.24) is 10.2 Å². The number of nitrogens with two attached hydrogens (primary N) is 1. The predicted molar refractivity (Wildman–Crippen MR) is 59.1 cm³/mol. The molecule has 0 aliphatic rings. The second-order valence-corrected chi connectivity index (χ2v) is 3.44. The molecule has 0 fully saturated rings. The SMILES string of the molecule is NC(Cc1cccnn1)c1ccccc1. The van der Waals surface area contributed by atoms with Crippen LogP contribution in [0.4, 0.5) is 0 Å². The molecule has 0 aliphatic carbocycles. The molecule has 3 heteroatoms. The van der Waals surface area contributed by atoms with E-state index >= 15 is 0 Å². The summed E-state index contributed by atoms with van der Waals surface area (Å²) in [7, 11) is 0. The molecular formula is C12H13N3. The van der Waals surface area contributed by atoms with Gasteiger partial charge in [0.05, 0.1) is 5.69 Å².